The molecule has 0 aliphatic heterocycles. The van der Waals surface area contributed by atoms with Crippen molar-refractivity contribution in [2.45, 2.75) is 44.6 Å². The molecule has 0 radical (unpaired) electrons. The van der Waals surface area contributed by atoms with Gasteiger partial charge in [0.2, 0.25) is 0 Å². The summed E-state index contributed by atoms with van der Waals surface area (Å²) in [4.78, 5) is 23.2. The number of nitriles is 1. The van der Waals surface area contributed by atoms with E-state index in [4.69, 9.17) is 21.4 Å². The van der Waals surface area contributed by atoms with E-state index in [-0.39, 0.29) is 12.5 Å². The second-order valence-electron chi connectivity index (χ2n) is 5.16. The van der Waals surface area contributed by atoms with Crippen LogP contribution in [0.5, 0.6) is 0 Å². The molecule has 1 N–H and O–H groups in total. The van der Waals surface area contributed by atoms with Gasteiger partial charge in [-0.05, 0) is 31.0 Å². The summed E-state index contributed by atoms with van der Waals surface area (Å²) < 4.78 is 5.17. The van der Waals surface area contributed by atoms with Crippen LogP contribution in [0.1, 0.15) is 38.7 Å². The number of carbonyl (C=O) groups excluding carboxylic acids is 1. The highest BCUT2D eigenvalue weighted by atomic mass is 35.5. The Morgan fingerprint density at radius 2 is 2.14 bits per heavy atom. The third-order valence-electron chi connectivity index (χ3n) is 3.40. The standard InChI is InChI=1S/C16H18ClNO4/c1-3-11(2)22-15(21)9-16(10-18,8-14(19)20)12-5-4-6-13(17)7-12/h4-7,11H,3,8-9H2,1-2H3,(H,19,20). The average molecular weight is 324 g/mol. The van der Waals surface area contributed by atoms with Crippen LogP contribution in [-0.2, 0) is 19.7 Å². The van der Waals surface area contributed by atoms with Gasteiger partial charge in [-0.15, -0.1) is 0 Å². The summed E-state index contributed by atoms with van der Waals surface area (Å²) in [5.41, 5.74) is -1.10. The van der Waals surface area contributed by atoms with E-state index in [0.29, 0.717) is 17.0 Å². The van der Waals surface area contributed by atoms with Crippen molar-refractivity contribution in [1.29, 1.82) is 5.26 Å². The Balaban J connectivity index is 3.14. The number of hydrogen-bond donors (Lipinski definition) is 1. The number of hydrogen-bond acceptors (Lipinski definition) is 4. The predicted molar refractivity (Wildman–Crippen MR) is 81.5 cm³/mol. The largest absolute Gasteiger partial charge is 0.481 e. The molecular formula is C16H18ClNO4. The monoisotopic (exact) mass is 323 g/mol. The van der Waals surface area contributed by atoms with Gasteiger partial charge in [-0.3, -0.25) is 9.59 Å². The number of benzene rings is 1. The molecule has 1 aromatic rings. The van der Waals surface area contributed by atoms with Gasteiger partial charge in [0.1, 0.15) is 5.41 Å². The van der Waals surface area contributed by atoms with Crippen molar-refractivity contribution in [2.24, 2.45) is 0 Å². The van der Waals surface area contributed by atoms with Crippen LogP contribution in [0.25, 0.3) is 0 Å². The molecule has 2 unspecified atom stereocenters. The van der Waals surface area contributed by atoms with Crippen molar-refractivity contribution >= 4 is 23.5 Å². The zero-order valence-electron chi connectivity index (χ0n) is 12.5. The maximum absolute atomic E-state index is 12.0. The summed E-state index contributed by atoms with van der Waals surface area (Å²) in [6.45, 7) is 3.60. The first-order chi connectivity index (χ1) is 10.3. The number of carboxylic acids is 1. The van der Waals surface area contributed by atoms with Gasteiger partial charge in [-0.25, -0.2) is 0 Å². The quantitative estimate of drug-likeness (QED) is 0.778. The summed E-state index contributed by atoms with van der Waals surface area (Å²) in [5.74, 6) is -1.77. The summed E-state index contributed by atoms with van der Waals surface area (Å²) >= 11 is 5.91. The van der Waals surface area contributed by atoms with Crippen LogP contribution < -0.4 is 0 Å². The molecule has 118 valence electrons. The van der Waals surface area contributed by atoms with E-state index in [1.54, 1.807) is 25.1 Å². The molecule has 0 fully saturated rings. The van der Waals surface area contributed by atoms with Gasteiger partial charge in [0, 0.05) is 5.02 Å². The molecule has 0 saturated heterocycles. The van der Waals surface area contributed by atoms with Gasteiger partial charge >= 0.3 is 11.9 Å². The number of ether oxygens (including phenoxy) is 1. The lowest BCUT2D eigenvalue weighted by Gasteiger charge is -2.25. The Kier molecular flexibility index (Phi) is 6.39. The fraction of sp³-hybridized carbons (Fsp3) is 0.438. The van der Waals surface area contributed by atoms with E-state index in [1.165, 1.54) is 6.07 Å². The van der Waals surface area contributed by atoms with Crippen LogP contribution in [-0.4, -0.2) is 23.1 Å². The molecule has 2 atom stereocenters. The van der Waals surface area contributed by atoms with E-state index in [2.05, 4.69) is 0 Å². The third kappa shape index (κ3) is 4.74. The smallest absolute Gasteiger partial charge is 0.308 e. The lowest BCUT2D eigenvalue weighted by atomic mass is 9.76. The summed E-state index contributed by atoms with van der Waals surface area (Å²) in [6, 6.07) is 8.30. The van der Waals surface area contributed by atoms with Crippen molar-refractivity contribution in [1.82, 2.24) is 0 Å². The minimum atomic E-state index is -1.50. The topological polar surface area (TPSA) is 87.4 Å². The van der Waals surface area contributed by atoms with Crippen LogP contribution >= 0.6 is 11.6 Å². The van der Waals surface area contributed by atoms with E-state index >= 15 is 0 Å². The van der Waals surface area contributed by atoms with Gasteiger partial charge in [-0.1, -0.05) is 30.7 Å². The molecule has 0 saturated carbocycles. The second kappa shape index (κ2) is 7.81. The molecule has 0 bridgehead atoms. The zero-order valence-corrected chi connectivity index (χ0v) is 13.3. The number of rotatable bonds is 7. The summed E-state index contributed by atoms with van der Waals surface area (Å²) in [6.07, 6.45) is -0.477. The molecule has 0 spiro atoms. The minimum Gasteiger partial charge on any atom is -0.481 e. The number of aliphatic carboxylic acids is 1. The van der Waals surface area contributed by atoms with Gasteiger partial charge < -0.3 is 9.84 Å². The van der Waals surface area contributed by atoms with Crippen molar-refractivity contribution in [2.75, 3.05) is 0 Å². The first kappa shape index (κ1) is 18.0. The third-order valence-corrected chi connectivity index (χ3v) is 3.63. The summed E-state index contributed by atoms with van der Waals surface area (Å²) in [7, 11) is 0. The summed E-state index contributed by atoms with van der Waals surface area (Å²) in [5, 5.41) is 19.0. The molecule has 0 aliphatic carbocycles. The maximum atomic E-state index is 12.0. The molecule has 0 amide bonds. The number of carboxylic acid groups (broad SMARTS) is 1. The molecule has 22 heavy (non-hydrogen) atoms. The second-order valence-corrected chi connectivity index (χ2v) is 5.60. The molecule has 6 heteroatoms. The number of esters is 1. The molecule has 0 aliphatic rings. The first-order valence-electron chi connectivity index (χ1n) is 6.91. The normalized spacial score (nSPS) is 14.5. The lowest BCUT2D eigenvalue weighted by Crippen LogP contribution is -2.32. The highest BCUT2D eigenvalue weighted by Crippen LogP contribution is 2.33. The fourth-order valence-electron chi connectivity index (χ4n) is 2.05. The van der Waals surface area contributed by atoms with Crippen molar-refractivity contribution in [3.8, 4) is 6.07 Å². The predicted octanol–water partition coefficient (Wildman–Crippen LogP) is 3.31. The Bertz CT molecular complexity index is 596. The van der Waals surface area contributed by atoms with Gasteiger partial charge in [0.15, 0.2) is 0 Å². The SMILES string of the molecule is CCC(C)OC(=O)CC(C#N)(CC(=O)O)c1cccc(Cl)c1. The first-order valence-corrected chi connectivity index (χ1v) is 7.29. The van der Waals surface area contributed by atoms with Crippen LogP contribution in [0.15, 0.2) is 24.3 Å². The fourth-order valence-corrected chi connectivity index (χ4v) is 2.24. The Morgan fingerprint density at radius 3 is 2.64 bits per heavy atom. The minimum absolute atomic E-state index is 0.284. The van der Waals surface area contributed by atoms with Crippen LogP contribution in [0.2, 0.25) is 5.02 Å². The van der Waals surface area contributed by atoms with E-state index in [1.807, 2.05) is 13.0 Å². The van der Waals surface area contributed by atoms with E-state index < -0.39 is 23.8 Å². The Labute approximate surface area is 134 Å². The molecule has 1 aromatic carbocycles. The van der Waals surface area contributed by atoms with Gasteiger partial charge in [-0.2, -0.15) is 5.26 Å². The van der Waals surface area contributed by atoms with Crippen LogP contribution in [0.4, 0.5) is 0 Å². The van der Waals surface area contributed by atoms with E-state index in [9.17, 15) is 14.9 Å². The number of carbonyl (C=O) groups is 2. The molecular weight excluding hydrogens is 306 g/mol. The average Bonchev–Trinajstić information content (AvgIpc) is 2.45. The number of halogens is 1. The molecule has 1 rings (SSSR count). The Hall–Kier alpha value is -2.06. The number of nitrogens with zero attached hydrogens (tertiary/aromatic N) is 1. The van der Waals surface area contributed by atoms with Crippen LogP contribution in [0.3, 0.4) is 0 Å². The lowest BCUT2D eigenvalue weighted by molar-refractivity contribution is -0.149. The van der Waals surface area contributed by atoms with Gasteiger partial charge in [0.05, 0.1) is 25.0 Å². The van der Waals surface area contributed by atoms with Crippen LogP contribution in [0, 0.1) is 11.3 Å². The van der Waals surface area contributed by atoms with Crippen molar-refractivity contribution < 1.29 is 19.4 Å². The molecule has 0 heterocycles. The van der Waals surface area contributed by atoms with Crippen molar-refractivity contribution in [3.63, 3.8) is 0 Å². The maximum Gasteiger partial charge on any atom is 0.308 e. The zero-order chi connectivity index (χ0) is 16.8. The van der Waals surface area contributed by atoms with Gasteiger partial charge in [0.25, 0.3) is 0 Å². The Morgan fingerprint density at radius 1 is 1.45 bits per heavy atom. The van der Waals surface area contributed by atoms with E-state index in [0.717, 1.165) is 0 Å². The highest BCUT2D eigenvalue weighted by Gasteiger charge is 2.38. The van der Waals surface area contributed by atoms with Crippen molar-refractivity contribution in [3.05, 3.63) is 34.9 Å². The molecule has 0 aromatic heterocycles. The molecule has 5 nitrogen and oxygen atoms in total. The highest BCUT2D eigenvalue weighted by molar-refractivity contribution is 6.30.